The second-order valence-electron chi connectivity index (χ2n) is 5.11. The molecule has 1 fully saturated rings. The Hall–Kier alpha value is -2.17. The first-order chi connectivity index (χ1) is 9.83. The largest absolute Gasteiger partial charge is 0.341 e. The van der Waals surface area contributed by atoms with Gasteiger partial charge in [0.15, 0.2) is 0 Å². The Balaban J connectivity index is 1.66. The predicted octanol–water partition coefficient (Wildman–Crippen LogP) is 1.96. The van der Waals surface area contributed by atoms with Gasteiger partial charge >= 0.3 is 0 Å². The van der Waals surface area contributed by atoms with Gasteiger partial charge in [-0.1, -0.05) is 35.5 Å². The molecule has 0 spiro atoms. The molecule has 104 valence electrons. The molecule has 1 saturated heterocycles. The van der Waals surface area contributed by atoms with Crippen molar-refractivity contribution in [3.8, 4) is 11.3 Å². The fourth-order valence-electron chi connectivity index (χ4n) is 2.50. The first-order valence-corrected chi connectivity index (χ1v) is 7.06. The fourth-order valence-corrected chi connectivity index (χ4v) is 2.50. The van der Waals surface area contributed by atoms with Crippen molar-refractivity contribution >= 4 is 5.91 Å². The number of rotatable bonds is 3. The predicted molar refractivity (Wildman–Crippen MR) is 75.9 cm³/mol. The number of benzene rings is 1. The maximum atomic E-state index is 12.2. The highest BCUT2D eigenvalue weighted by Crippen LogP contribution is 2.15. The van der Waals surface area contributed by atoms with Crippen LogP contribution in [0.1, 0.15) is 19.3 Å². The van der Waals surface area contributed by atoms with Crippen molar-refractivity contribution in [3.05, 3.63) is 36.5 Å². The Kier molecular flexibility index (Phi) is 3.76. The molecule has 1 aliphatic rings. The minimum Gasteiger partial charge on any atom is -0.341 e. The van der Waals surface area contributed by atoms with Gasteiger partial charge < -0.3 is 4.90 Å². The van der Waals surface area contributed by atoms with E-state index in [1.54, 1.807) is 4.68 Å². The van der Waals surface area contributed by atoms with Crippen molar-refractivity contribution in [2.75, 3.05) is 13.1 Å². The van der Waals surface area contributed by atoms with Crippen molar-refractivity contribution in [2.45, 2.75) is 25.8 Å². The van der Waals surface area contributed by atoms with E-state index in [1.807, 2.05) is 41.4 Å². The Morgan fingerprint density at radius 3 is 2.60 bits per heavy atom. The molecular formula is C15H18N4O. The van der Waals surface area contributed by atoms with Crippen LogP contribution < -0.4 is 0 Å². The van der Waals surface area contributed by atoms with Gasteiger partial charge in [0.25, 0.3) is 0 Å². The van der Waals surface area contributed by atoms with E-state index in [4.69, 9.17) is 0 Å². The summed E-state index contributed by atoms with van der Waals surface area (Å²) in [5.74, 6) is 0.134. The number of hydrogen-bond acceptors (Lipinski definition) is 3. The van der Waals surface area contributed by atoms with E-state index < -0.39 is 0 Å². The molecule has 5 nitrogen and oxygen atoms in total. The molecule has 0 N–H and O–H groups in total. The first-order valence-electron chi connectivity index (χ1n) is 7.06. The molecule has 0 saturated carbocycles. The van der Waals surface area contributed by atoms with Gasteiger partial charge in [-0.25, -0.2) is 4.68 Å². The summed E-state index contributed by atoms with van der Waals surface area (Å²) >= 11 is 0. The van der Waals surface area contributed by atoms with Gasteiger partial charge in [-0.3, -0.25) is 4.79 Å². The van der Waals surface area contributed by atoms with Crippen LogP contribution >= 0.6 is 0 Å². The van der Waals surface area contributed by atoms with Gasteiger partial charge in [-0.15, -0.1) is 5.10 Å². The molecule has 1 aromatic heterocycles. The van der Waals surface area contributed by atoms with E-state index in [0.29, 0.717) is 0 Å². The lowest BCUT2D eigenvalue weighted by atomic mass is 10.1. The number of hydrogen-bond donors (Lipinski definition) is 0. The summed E-state index contributed by atoms with van der Waals surface area (Å²) in [5, 5.41) is 8.17. The van der Waals surface area contributed by atoms with Crippen molar-refractivity contribution in [2.24, 2.45) is 0 Å². The van der Waals surface area contributed by atoms with E-state index in [2.05, 4.69) is 10.3 Å². The second kappa shape index (κ2) is 5.86. The molecule has 20 heavy (non-hydrogen) atoms. The molecule has 0 aliphatic carbocycles. The average Bonchev–Trinajstić information content (AvgIpc) is 2.97. The molecular weight excluding hydrogens is 252 g/mol. The number of nitrogens with zero attached hydrogens (tertiary/aromatic N) is 4. The topological polar surface area (TPSA) is 51.0 Å². The molecule has 1 amide bonds. The third-order valence-corrected chi connectivity index (χ3v) is 3.61. The van der Waals surface area contributed by atoms with Crippen LogP contribution in [0.3, 0.4) is 0 Å². The van der Waals surface area contributed by atoms with E-state index in [1.165, 1.54) is 6.42 Å². The third kappa shape index (κ3) is 2.87. The molecule has 2 heterocycles. The summed E-state index contributed by atoms with van der Waals surface area (Å²) in [7, 11) is 0. The lowest BCUT2D eigenvalue weighted by Gasteiger charge is -2.26. The Morgan fingerprint density at radius 2 is 1.85 bits per heavy atom. The van der Waals surface area contributed by atoms with Crippen LogP contribution in [-0.4, -0.2) is 38.9 Å². The molecule has 1 aliphatic heterocycles. The minimum atomic E-state index is 0.134. The highest BCUT2D eigenvalue weighted by Gasteiger charge is 2.17. The van der Waals surface area contributed by atoms with Gasteiger partial charge in [-0.2, -0.15) is 0 Å². The number of aromatic nitrogens is 3. The van der Waals surface area contributed by atoms with Gasteiger partial charge in [0.2, 0.25) is 5.91 Å². The third-order valence-electron chi connectivity index (χ3n) is 3.61. The second-order valence-corrected chi connectivity index (χ2v) is 5.11. The number of likely N-dealkylation sites (tertiary alicyclic amines) is 1. The van der Waals surface area contributed by atoms with E-state index in [0.717, 1.165) is 37.2 Å². The van der Waals surface area contributed by atoms with Gasteiger partial charge in [-0.05, 0) is 19.3 Å². The minimum absolute atomic E-state index is 0.134. The molecule has 3 rings (SSSR count). The highest BCUT2D eigenvalue weighted by atomic mass is 16.2. The van der Waals surface area contributed by atoms with Crippen LogP contribution in [0.25, 0.3) is 11.3 Å². The van der Waals surface area contributed by atoms with Crippen molar-refractivity contribution in [3.63, 3.8) is 0 Å². The zero-order valence-electron chi connectivity index (χ0n) is 11.4. The van der Waals surface area contributed by atoms with Crippen LogP contribution in [0.15, 0.2) is 36.5 Å². The summed E-state index contributed by atoms with van der Waals surface area (Å²) in [5.41, 5.74) is 1.82. The lowest BCUT2D eigenvalue weighted by Crippen LogP contribution is -2.37. The molecule has 1 aromatic carbocycles. The summed E-state index contributed by atoms with van der Waals surface area (Å²) in [6.45, 7) is 2.03. The summed E-state index contributed by atoms with van der Waals surface area (Å²) in [4.78, 5) is 14.1. The Morgan fingerprint density at radius 1 is 1.10 bits per heavy atom. The Bertz CT molecular complexity index is 573. The quantitative estimate of drug-likeness (QED) is 0.856. The molecule has 0 radical (unpaired) electrons. The average molecular weight is 270 g/mol. The number of carbonyl (C=O) groups is 1. The molecule has 0 atom stereocenters. The zero-order valence-corrected chi connectivity index (χ0v) is 11.4. The number of piperidine rings is 1. The lowest BCUT2D eigenvalue weighted by molar-refractivity contribution is -0.132. The van der Waals surface area contributed by atoms with Crippen LogP contribution in [0.4, 0.5) is 0 Å². The number of amides is 1. The maximum absolute atomic E-state index is 12.2. The van der Waals surface area contributed by atoms with E-state index >= 15 is 0 Å². The number of carbonyl (C=O) groups excluding carboxylic acids is 1. The van der Waals surface area contributed by atoms with Crippen LogP contribution in [0, 0.1) is 0 Å². The normalized spacial score (nSPS) is 15.3. The van der Waals surface area contributed by atoms with Crippen molar-refractivity contribution < 1.29 is 4.79 Å². The standard InChI is InChI=1S/C15H18N4O/c20-15(18-9-5-2-6-10-18)12-19-11-14(16-17-19)13-7-3-1-4-8-13/h1,3-4,7-8,11H,2,5-6,9-10,12H2. The molecule has 0 bridgehead atoms. The molecule has 5 heteroatoms. The summed E-state index contributed by atoms with van der Waals surface area (Å²) < 4.78 is 1.62. The van der Waals surface area contributed by atoms with Crippen molar-refractivity contribution in [1.82, 2.24) is 19.9 Å². The van der Waals surface area contributed by atoms with E-state index in [-0.39, 0.29) is 12.5 Å². The zero-order chi connectivity index (χ0) is 13.8. The highest BCUT2D eigenvalue weighted by molar-refractivity contribution is 5.76. The molecule has 0 unspecified atom stereocenters. The molecule has 2 aromatic rings. The first kappa shape index (κ1) is 12.8. The van der Waals surface area contributed by atoms with Crippen LogP contribution in [0.5, 0.6) is 0 Å². The Labute approximate surface area is 118 Å². The summed E-state index contributed by atoms with van der Waals surface area (Å²) in [6.07, 6.45) is 5.28. The van der Waals surface area contributed by atoms with Gasteiger partial charge in [0.1, 0.15) is 12.2 Å². The van der Waals surface area contributed by atoms with Crippen molar-refractivity contribution in [1.29, 1.82) is 0 Å². The van der Waals surface area contributed by atoms with E-state index in [9.17, 15) is 4.79 Å². The van der Waals surface area contributed by atoms with Gasteiger partial charge in [0.05, 0.1) is 6.20 Å². The maximum Gasteiger partial charge on any atom is 0.244 e. The van der Waals surface area contributed by atoms with Gasteiger partial charge in [0, 0.05) is 18.7 Å². The van der Waals surface area contributed by atoms with Crippen LogP contribution in [0.2, 0.25) is 0 Å². The van der Waals surface area contributed by atoms with Crippen LogP contribution in [-0.2, 0) is 11.3 Å². The fraction of sp³-hybridized carbons (Fsp3) is 0.400. The SMILES string of the molecule is O=C(Cn1cc(-c2ccccc2)nn1)N1CCCCC1. The smallest absolute Gasteiger partial charge is 0.244 e. The monoisotopic (exact) mass is 270 g/mol. The summed E-state index contributed by atoms with van der Waals surface area (Å²) in [6, 6.07) is 9.87.